The van der Waals surface area contributed by atoms with Gasteiger partial charge in [-0.05, 0) is 39.8 Å². The van der Waals surface area contributed by atoms with E-state index in [0.29, 0.717) is 0 Å². The summed E-state index contributed by atoms with van der Waals surface area (Å²) < 4.78 is 35.5. The number of aliphatic hydroxyl groups excluding tert-OH is 2. The second-order valence-electron chi connectivity index (χ2n) is 8.49. The average molecular weight is 459 g/mol. The maximum Gasteiger partial charge on any atom is 0.411 e. The van der Waals surface area contributed by atoms with Crippen LogP contribution in [0.2, 0.25) is 0 Å². The summed E-state index contributed by atoms with van der Waals surface area (Å²) in [6.07, 6.45) is -3.84. The Morgan fingerprint density at radius 1 is 1.10 bits per heavy atom. The monoisotopic (exact) mass is 458 g/mol. The molecule has 1 aromatic carbocycles. The van der Waals surface area contributed by atoms with Gasteiger partial charge in [0.2, 0.25) is 5.91 Å². The molecule has 0 bridgehead atoms. The van der Waals surface area contributed by atoms with Gasteiger partial charge in [0.25, 0.3) is 10.1 Å². The van der Waals surface area contributed by atoms with E-state index in [1.54, 1.807) is 32.9 Å². The maximum absolute atomic E-state index is 12.8. The van der Waals surface area contributed by atoms with Gasteiger partial charge in [0, 0.05) is 13.5 Å². The molecule has 0 aromatic heterocycles. The summed E-state index contributed by atoms with van der Waals surface area (Å²) in [7, 11) is -4.17. The number of nitrogens with one attached hydrogen (secondary N) is 1. The molecule has 1 aliphatic heterocycles. The van der Waals surface area contributed by atoms with Gasteiger partial charge in [0.1, 0.15) is 17.8 Å². The van der Waals surface area contributed by atoms with Crippen LogP contribution in [0.1, 0.15) is 33.3 Å². The lowest BCUT2D eigenvalue weighted by Gasteiger charge is -2.32. The highest BCUT2D eigenvalue weighted by atomic mass is 32.2. The molecule has 11 heteroatoms. The molecule has 1 aromatic rings. The molecule has 0 saturated carbocycles. The lowest BCUT2D eigenvalue weighted by Crippen LogP contribution is -2.51. The van der Waals surface area contributed by atoms with E-state index >= 15 is 0 Å². The number of carbonyl (C=O) groups excluding carboxylic acids is 2. The van der Waals surface area contributed by atoms with Crippen LogP contribution in [0, 0.1) is 6.92 Å². The molecule has 31 heavy (non-hydrogen) atoms. The molecule has 10 nitrogen and oxygen atoms in total. The Labute approximate surface area is 182 Å². The van der Waals surface area contributed by atoms with Gasteiger partial charge in [-0.1, -0.05) is 17.7 Å². The van der Waals surface area contributed by atoms with Crippen LogP contribution in [0.25, 0.3) is 0 Å². The van der Waals surface area contributed by atoms with E-state index in [9.17, 15) is 28.2 Å². The van der Waals surface area contributed by atoms with Crippen LogP contribution in [0.5, 0.6) is 0 Å². The number of likely N-dealkylation sites (tertiary alicyclic amines) is 1. The predicted molar refractivity (Wildman–Crippen MR) is 111 cm³/mol. The minimum atomic E-state index is -4.17. The summed E-state index contributed by atoms with van der Waals surface area (Å²) >= 11 is 0. The minimum absolute atomic E-state index is 0.0789. The molecule has 0 spiro atoms. The molecule has 2 amide bonds. The Bertz CT molecular complexity index is 895. The van der Waals surface area contributed by atoms with Gasteiger partial charge in [-0.3, -0.25) is 13.9 Å². The zero-order chi connectivity index (χ0) is 23.6. The third kappa shape index (κ3) is 6.39. The summed E-state index contributed by atoms with van der Waals surface area (Å²) in [4.78, 5) is 25.1. The second kappa shape index (κ2) is 9.51. The number of aryl methyl sites for hydroxylation is 1. The van der Waals surface area contributed by atoms with E-state index in [1.165, 1.54) is 19.1 Å². The zero-order valence-electron chi connectivity index (χ0n) is 18.2. The quantitative estimate of drug-likeness (QED) is 0.525. The number of amides is 2. The topological polar surface area (TPSA) is 142 Å². The summed E-state index contributed by atoms with van der Waals surface area (Å²) in [6, 6.07) is 3.74. The summed E-state index contributed by atoms with van der Waals surface area (Å²) in [6.45, 7) is 7.24. The second-order valence-corrected chi connectivity index (χ2v) is 10.1. The molecule has 1 fully saturated rings. The first-order valence-electron chi connectivity index (χ1n) is 9.81. The van der Waals surface area contributed by atoms with Gasteiger partial charge in [0.15, 0.2) is 0 Å². The van der Waals surface area contributed by atoms with Gasteiger partial charge < -0.3 is 20.3 Å². The van der Waals surface area contributed by atoms with Crippen LogP contribution < -0.4 is 5.32 Å². The Morgan fingerprint density at radius 2 is 1.65 bits per heavy atom. The van der Waals surface area contributed by atoms with E-state index < -0.39 is 58.6 Å². The Morgan fingerprint density at radius 3 is 2.16 bits per heavy atom. The third-order valence-corrected chi connectivity index (χ3v) is 6.02. The summed E-state index contributed by atoms with van der Waals surface area (Å²) in [5.41, 5.74) is -0.0155. The van der Waals surface area contributed by atoms with Crippen molar-refractivity contribution in [3.8, 4) is 0 Å². The van der Waals surface area contributed by atoms with Crippen molar-refractivity contribution in [2.75, 3.05) is 13.2 Å². The molecule has 1 heterocycles. The Kier molecular flexibility index (Phi) is 7.69. The number of ether oxygens (including phenoxy) is 1. The van der Waals surface area contributed by atoms with E-state index in [1.807, 2.05) is 6.92 Å². The van der Waals surface area contributed by atoms with Gasteiger partial charge in [-0.25, -0.2) is 4.79 Å². The predicted octanol–water partition coefficient (Wildman–Crippen LogP) is 0.546. The fourth-order valence-corrected chi connectivity index (χ4v) is 4.12. The van der Waals surface area contributed by atoms with Crippen molar-refractivity contribution in [2.24, 2.45) is 0 Å². The van der Waals surface area contributed by atoms with E-state index in [-0.39, 0.29) is 11.4 Å². The fourth-order valence-electron chi connectivity index (χ4n) is 3.19. The molecule has 0 unspecified atom stereocenters. The van der Waals surface area contributed by atoms with Gasteiger partial charge in [-0.2, -0.15) is 8.42 Å². The lowest BCUT2D eigenvalue weighted by molar-refractivity contribution is -0.119. The average Bonchev–Trinajstić information content (AvgIpc) is 2.88. The van der Waals surface area contributed by atoms with E-state index in [4.69, 9.17) is 8.92 Å². The van der Waals surface area contributed by atoms with Gasteiger partial charge >= 0.3 is 6.09 Å². The van der Waals surface area contributed by atoms with Crippen LogP contribution >= 0.6 is 0 Å². The van der Waals surface area contributed by atoms with Crippen molar-refractivity contribution in [1.29, 1.82) is 0 Å². The molecule has 0 aliphatic carbocycles. The minimum Gasteiger partial charge on any atom is -0.444 e. The number of rotatable bonds is 6. The number of benzene rings is 1. The van der Waals surface area contributed by atoms with Crippen molar-refractivity contribution in [2.45, 2.75) is 69.4 Å². The van der Waals surface area contributed by atoms with Crippen molar-refractivity contribution in [1.82, 2.24) is 10.2 Å². The first kappa shape index (κ1) is 25.1. The molecular weight excluding hydrogens is 428 g/mol. The highest BCUT2D eigenvalue weighted by Crippen LogP contribution is 2.29. The molecule has 3 N–H and O–H groups in total. The molecule has 0 radical (unpaired) electrons. The van der Waals surface area contributed by atoms with Crippen molar-refractivity contribution in [3.05, 3.63) is 29.8 Å². The number of hydrogen-bond acceptors (Lipinski definition) is 8. The molecular formula is C20H30N2O8S. The molecule has 4 atom stereocenters. The van der Waals surface area contributed by atoms with Crippen LogP contribution in [-0.2, 0) is 23.8 Å². The van der Waals surface area contributed by atoms with Crippen LogP contribution in [-0.4, -0.2) is 78.6 Å². The summed E-state index contributed by atoms with van der Waals surface area (Å²) in [5.74, 6) is -0.396. The SMILES string of the molecule is CC(=O)NC[C@@H]1[C@@H](O)[C@H](O)[C@@H](COS(=O)(=O)c2ccc(C)cc2)N1C(=O)OC(C)(C)C. The van der Waals surface area contributed by atoms with Crippen LogP contribution in [0.4, 0.5) is 4.79 Å². The zero-order valence-corrected chi connectivity index (χ0v) is 19.0. The van der Waals surface area contributed by atoms with Gasteiger partial charge in [0.05, 0.1) is 23.6 Å². The van der Waals surface area contributed by atoms with E-state index in [0.717, 1.165) is 10.5 Å². The number of nitrogens with zero attached hydrogens (tertiary/aromatic N) is 1. The largest absolute Gasteiger partial charge is 0.444 e. The van der Waals surface area contributed by atoms with Gasteiger partial charge in [-0.15, -0.1) is 0 Å². The molecule has 174 valence electrons. The lowest BCUT2D eigenvalue weighted by atomic mass is 10.1. The third-order valence-electron chi connectivity index (χ3n) is 4.72. The first-order chi connectivity index (χ1) is 14.2. The number of hydrogen-bond donors (Lipinski definition) is 3. The van der Waals surface area contributed by atoms with Crippen molar-refractivity contribution >= 4 is 22.1 Å². The van der Waals surface area contributed by atoms with Crippen LogP contribution in [0.3, 0.4) is 0 Å². The van der Waals surface area contributed by atoms with Crippen molar-refractivity contribution in [3.63, 3.8) is 0 Å². The Hall–Kier alpha value is -2.21. The normalized spacial score (nSPS) is 24.2. The maximum atomic E-state index is 12.8. The number of carbonyl (C=O) groups is 2. The van der Waals surface area contributed by atoms with Crippen LogP contribution in [0.15, 0.2) is 29.2 Å². The van der Waals surface area contributed by atoms with E-state index in [2.05, 4.69) is 5.32 Å². The highest BCUT2D eigenvalue weighted by Gasteiger charge is 2.51. The fraction of sp³-hybridized carbons (Fsp3) is 0.600. The smallest absolute Gasteiger partial charge is 0.411 e. The Balaban J connectivity index is 2.27. The highest BCUT2D eigenvalue weighted by molar-refractivity contribution is 7.86. The van der Waals surface area contributed by atoms with Crippen molar-refractivity contribution < 1.29 is 37.1 Å². The molecule has 2 rings (SSSR count). The number of aliphatic hydroxyl groups is 2. The molecule has 1 saturated heterocycles. The molecule has 1 aliphatic rings. The standard InChI is InChI=1S/C20H30N2O8S/c1-12-6-8-14(9-7-12)31(27,28)29-11-16-18(25)17(24)15(10-21-13(2)23)22(16)19(26)30-20(3,4)5/h6-9,15-18,24-25H,10-11H2,1-5H3,(H,21,23)/t15-,16-,17-,18-/m1/s1. The summed E-state index contributed by atoms with van der Waals surface area (Å²) in [5, 5.41) is 23.5. The first-order valence-corrected chi connectivity index (χ1v) is 11.2.